The number of benzene rings is 1. The fraction of sp³-hybridized carbons (Fsp3) is 0.250. The second-order valence-electron chi connectivity index (χ2n) is 3.15. The van der Waals surface area contributed by atoms with Gasteiger partial charge in [0.15, 0.2) is 0 Å². The molecule has 0 aliphatic heterocycles. The van der Waals surface area contributed by atoms with Crippen molar-refractivity contribution < 1.29 is 14.6 Å². The Balaban J connectivity index is 2.84. The number of hydrogen-bond donors (Lipinski definition) is 1. The summed E-state index contributed by atoms with van der Waals surface area (Å²) in [6.07, 6.45) is 1.08. The number of aliphatic hydroxyl groups excluding tert-OH is 1. The Labute approximate surface area is 89.0 Å². The van der Waals surface area contributed by atoms with Crippen LogP contribution in [0.2, 0.25) is 0 Å². The van der Waals surface area contributed by atoms with Crippen LogP contribution in [-0.2, 0) is 9.53 Å². The van der Waals surface area contributed by atoms with Crippen LogP contribution in [-0.4, -0.2) is 17.7 Å². The summed E-state index contributed by atoms with van der Waals surface area (Å²) in [6, 6.07) is 7.27. The fourth-order valence-electron chi connectivity index (χ4n) is 1.18. The second-order valence-corrected chi connectivity index (χ2v) is 3.15. The Hall–Kier alpha value is -1.77. The van der Waals surface area contributed by atoms with Crippen molar-refractivity contribution in [3.05, 3.63) is 41.5 Å². The highest BCUT2D eigenvalue weighted by Gasteiger charge is 2.03. The average molecular weight is 206 g/mol. The Morgan fingerprint density at radius 2 is 2.27 bits per heavy atom. The predicted molar refractivity (Wildman–Crippen MR) is 58.4 cm³/mol. The average Bonchev–Trinajstić information content (AvgIpc) is 2.18. The van der Waals surface area contributed by atoms with Crippen molar-refractivity contribution >= 4 is 11.7 Å². The van der Waals surface area contributed by atoms with Crippen molar-refractivity contribution in [1.29, 1.82) is 0 Å². The van der Waals surface area contributed by atoms with E-state index in [0.29, 0.717) is 12.2 Å². The van der Waals surface area contributed by atoms with Crippen LogP contribution in [0.3, 0.4) is 0 Å². The predicted octanol–water partition coefficient (Wildman–Crippen LogP) is 2.46. The first-order chi connectivity index (χ1) is 7.13. The van der Waals surface area contributed by atoms with E-state index >= 15 is 0 Å². The summed E-state index contributed by atoms with van der Waals surface area (Å²) in [7, 11) is 0. The first kappa shape index (κ1) is 11.3. The molecule has 0 radical (unpaired) electrons. The van der Waals surface area contributed by atoms with E-state index in [1.165, 1.54) is 0 Å². The second kappa shape index (κ2) is 5.20. The Kier molecular flexibility index (Phi) is 3.92. The molecule has 1 aromatic rings. The maximum atomic E-state index is 11.1. The number of aryl methyl sites for hydroxylation is 1. The molecule has 0 fully saturated rings. The van der Waals surface area contributed by atoms with Gasteiger partial charge in [-0.15, -0.1) is 0 Å². The number of rotatable bonds is 3. The molecule has 0 spiro atoms. The minimum Gasteiger partial charge on any atom is -0.507 e. The smallest absolute Gasteiger partial charge is 0.334 e. The van der Waals surface area contributed by atoms with Gasteiger partial charge < -0.3 is 9.84 Å². The number of esters is 1. The molecule has 0 bridgehead atoms. The molecule has 0 heterocycles. The van der Waals surface area contributed by atoms with Crippen molar-refractivity contribution in [2.45, 2.75) is 13.8 Å². The van der Waals surface area contributed by atoms with Crippen molar-refractivity contribution in [3.63, 3.8) is 0 Å². The summed E-state index contributed by atoms with van der Waals surface area (Å²) in [4.78, 5) is 11.1. The lowest BCUT2D eigenvalue weighted by Gasteiger charge is -2.01. The van der Waals surface area contributed by atoms with Crippen molar-refractivity contribution in [3.8, 4) is 0 Å². The number of aliphatic hydroxyl groups is 1. The molecular weight excluding hydrogens is 192 g/mol. The first-order valence-electron chi connectivity index (χ1n) is 4.78. The summed E-state index contributed by atoms with van der Waals surface area (Å²) >= 11 is 0. The first-order valence-corrected chi connectivity index (χ1v) is 4.78. The minimum atomic E-state index is -0.531. The molecule has 0 atom stereocenters. The molecule has 0 aromatic heterocycles. The van der Waals surface area contributed by atoms with Gasteiger partial charge >= 0.3 is 5.97 Å². The van der Waals surface area contributed by atoms with Gasteiger partial charge in [-0.25, -0.2) is 4.79 Å². The molecule has 0 aliphatic carbocycles. The molecule has 1 N–H and O–H groups in total. The Morgan fingerprint density at radius 3 is 2.87 bits per heavy atom. The van der Waals surface area contributed by atoms with Gasteiger partial charge in [0.25, 0.3) is 0 Å². The molecule has 0 aliphatic rings. The van der Waals surface area contributed by atoms with Crippen LogP contribution in [0.1, 0.15) is 18.1 Å². The molecule has 0 saturated carbocycles. The zero-order valence-electron chi connectivity index (χ0n) is 8.86. The topological polar surface area (TPSA) is 46.5 Å². The standard InChI is InChI=1S/C12H14O3/c1-3-15-12(14)8-11(13)10-6-4-5-9(2)7-10/h4-8,13H,3H2,1-2H3. The highest BCUT2D eigenvalue weighted by Crippen LogP contribution is 2.12. The van der Waals surface area contributed by atoms with Gasteiger partial charge in [0.05, 0.1) is 12.7 Å². The molecule has 15 heavy (non-hydrogen) atoms. The molecular formula is C12H14O3. The van der Waals surface area contributed by atoms with Gasteiger partial charge in [-0.05, 0) is 19.9 Å². The van der Waals surface area contributed by atoms with E-state index < -0.39 is 5.97 Å². The molecule has 1 rings (SSSR count). The van der Waals surface area contributed by atoms with Gasteiger partial charge in [-0.3, -0.25) is 0 Å². The van der Waals surface area contributed by atoms with Gasteiger partial charge in [-0.2, -0.15) is 0 Å². The van der Waals surface area contributed by atoms with E-state index in [1.807, 2.05) is 19.1 Å². The van der Waals surface area contributed by atoms with Crippen molar-refractivity contribution in [2.24, 2.45) is 0 Å². The maximum Gasteiger partial charge on any atom is 0.334 e. The zero-order chi connectivity index (χ0) is 11.3. The SMILES string of the molecule is CCOC(=O)C=C(O)c1cccc(C)c1. The van der Waals surface area contributed by atoms with Crippen LogP contribution in [0.4, 0.5) is 0 Å². The number of ether oxygens (including phenoxy) is 1. The highest BCUT2D eigenvalue weighted by atomic mass is 16.5. The Bertz CT molecular complexity index is 380. The van der Waals surface area contributed by atoms with E-state index in [9.17, 15) is 9.90 Å². The van der Waals surface area contributed by atoms with E-state index in [1.54, 1.807) is 19.1 Å². The third-order valence-electron chi connectivity index (χ3n) is 1.86. The van der Waals surface area contributed by atoms with Crippen LogP contribution in [0, 0.1) is 6.92 Å². The van der Waals surface area contributed by atoms with E-state index in [-0.39, 0.29) is 5.76 Å². The number of carbonyl (C=O) groups excluding carboxylic acids is 1. The van der Waals surface area contributed by atoms with Crippen molar-refractivity contribution in [1.82, 2.24) is 0 Å². The van der Waals surface area contributed by atoms with Gasteiger partial charge in [0, 0.05) is 5.56 Å². The largest absolute Gasteiger partial charge is 0.507 e. The van der Waals surface area contributed by atoms with Gasteiger partial charge in [0.1, 0.15) is 5.76 Å². The third kappa shape index (κ3) is 3.46. The van der Waals surface area contributed by atoms with E-state index in [4.69, 9.17) is 0 Å². The van der Waals surface area contributed by atoms with Crippen molar-refractivity contribution in [2.75, 3.05) is 6.61 Å². The lowest BCUT2D eigenvalue weighted by Crippen LogP contribution is -2.00. The normalized spacial score (nSPS) is 11.2. The summed E-state index contributed by atoms with van der Waals surface area (Å²) in [5, 5.41) is 9.60. The molecule has 1 aromatic carbocycles. The quantitative estimate of drug-likeness (QED) is 0.469. The molecule has 0 unspecified atom stereocenters. The zero-order valence-corrected chi connectivity index (χ0v) is 8.86. The number of hydrogen-bond acceptors (Lipinski definition) is 3. The van der Waals surface area contributed by atoms with Crippen LogP contribution >= 0.6 is 0 Å². The molecule has 0 saturated heterocycles. The number of carbonyl (C=O) groups is 1. The van der Waals surface area contributed by atoms with Crippen LogP contribution in [0.5, 0.6) is 0 Å². The highest BCUT2D eigenvalue weighted by molar-refractivity contribution is 5.89. The van der Waals surface area contributed by atoms with E-state index in [0.717, 1.165) is 11.6 Å². The summed E-state index contributed by atoms with van der Waals surface area (Å²) in [6.45, 7) is 3.94. The van der Waals surface area contributed by atoms with E-state index in [2.05, 4.69) is 4.74 Å². The van der Waals surface area contributed by atoms with Crippen LogP contribution in [0.25, 0.3) is 5.76 Å². The monoisotopic (exact) mass is 206 g/mol. The molecule has 80 valence electrons. The minimum absolute atomic E-state index is 0.0721. The third-order valence-corrected chi connectivity index (χ3v) is 1.86. The van der Waals surface area contributed by atoms with Gasteiger partial charge in [0.2, 0.25) is 0 Å². The summed E-state index contributed by atoms with van der Waals surface area (Å²) in [5.41, 5.74) is 1.64. The maximum absolute atomic E-state index is 11.1. The van der Waals surface area contributed by atoms with Crippen LogP contribution in [0.15, 0.2) is 30.3 Å². The molecule has 0 amide bonds. The Morgan fingerprint density at radius 1 is 1.53 bits per heavy atom. The molecule has 3 nitrogen and oxygen atoms in total. The summed E-state index contributed by atoms with van der Waals surface area (Å²) in [5.74, 6) is -0.603. The fourth-order valence-corrected chi connectivity index (χ4v) is 1.18. The van der Waals surface area contributed by atoms with Crippen LogP contribution < -0.4 is 0 Å². The molecule has 3 heteroatoms. The summed E-state index contributed by atoms with van der Waals surface area (Å²) < 4.78 is 4.69. The van der Waals surface area contributed by atoms with Gasteiger partial charge in [-0.1, -0.05) is 23.8 Å². The lowest BCUT2D eigenvalue weighted by molar-refractivity contribution is -0.137. The lowest BCUT2D eigenvalue weighted by atomic mass is 10.1.